The lowest BCUT2D eigenvalue weighted by molar-refractivity contribution is -0.123. The molecule has 0 fully saturated rings. The highest BCUT2D eigenvalue weighted by Crippen LogP contribution is 2.26. The fourth-order valence-electron chi connectivity index (χ4n) is 3.59. The van der Waals surface area contributed by atoms with E-state index in [0.29, 0.717) is 42.3 Å². The summed E-state index contributed by atoms with van der Waals surface area (Å²) in [6.07, 6.45) is 1.68. The molecule has 0 unspecified atom stereocenters. The van der Waals surface area contributed by atoms with E-state index >= 15 is 0 Å². The Morgan fingerprint density at radius 2 is 1.88 bits per heavy atom. The molecule has 170 valence electrons. The summed E-state index contributed by atoms with van der Waals surface area (Å²) in [7, 11) is 0. The lowest BCUT2D eigenvalue weighted by Crippen LogP contribution is -2.44. The van der Waals surface area contributed by atoms with Crippen molar-refractivity contribution in [2.45, 2.75) is 32.7 Å². The number of benzene rings is 2. The van der Waals surface area contributed by atoms with E-state index in [1.165, 1.54) is 4.68 Å². The van der Waals surface area contributed by atoms with Gasteiger partial charge in [-0.1, -0.05) is 25.1 Å². The molecule has 0 saturated heterocycles. The number of amides is 3. The van der Waals surface area contributed by atoms with Crippen LogP contribution in [0.2, 0.25) is 0 Å². The maximum absolute atomic E-state index is 12.7. The van der Waals surface area contributed by atoms with Crippen molar-refractivity contribution in [1.82, 2.24) is 20.6 Å². The van der Waals surface area contributed by atoms with E-state index in [2.05, 4.69) is 21.3 Å². The van der Waals surface area contributed by atoms with Crippen LogP contribution >= 0.6 is 0 Å². The molecule has 10 heteroatoms. The van der Waals surface area contributed by atoms with Crippen LogP contribution in [-0.2, 0) is 22.6 Å². The number of aromatic nitrogens is 2. The van der Waals surface area contributed by atoms with Crippen LogP contribution in [-0.4, -0.2) is 34.1 Å². The Hall–Kier alpha value is -4.21. The standard InChI is InChI=1S/C23H23N5O5/c1-2-11-28-23(32)17-6-4-3-5-16(17)21(27-28)22(31)26-25-20(30)13-33-15-8-9-18-14(12-15)7-10-19(29)24-18/h3-6,8-9,12H,2,7,10-11,13H2,1H3,(H,24,29)(H,25,30)(H,26,31). The number of rotatable bonds is 6. The summed E-state index contributed by atoms with van der Waals surface area (Å²) < 4.78 is 6.75. The first-order valence-corrected chi connectivity index (χ1v) is 10.6. The second-order valence-electron chi connectivity index (χ2n) is 7.58. The highest BCUT2D eigenvalue weighted by molar-refractivity contribution is 6.05. The van der Waals surface area contributed by atoms with Crippen LogP contribution in [0.3, 0.4) is 0 Å². The molecular weight excluding hydrogens is 426 g/mol. The fraction of sp³-hybridized carbons (Fsp3) is 0.261. The first-order chi connectivity index (χ1) is 16.0. The normalized spacial score (nSPS) is 12.6. The van der Waals surface area contributed by atoms with Gasteiger partial charge in [-0.25, -0.2) is 4.68 Å². The number of hydrogen-bond donors (Lipinski definition) is 3. The Labute approximate surface area is 188 Å². The van der Waals surface area contributed by atoms with Gasteiger partial charge in [0.2, 0.25) is 5.91 Å². The van der Waals surface area contributed by atoms with Crippen molar-refractivity contribution < 1.29 is 19.1 Å². The summed E-state index contributed by atoms with van der Waals surface area (Å²) in [6, 6.07) is 11.9. The van der Waals surface area contributed by atoms with E-state index in [9.17, 15) is 19.2 Å². The van der Waals surface area contributed by atoms with Crippen molar-refractivity contribution >= 4 is 34.2 Å². The van der Waals surface area contributed by atoms with Crippen molar-refractivity contribution in [3.8, 4) is 5.75 Å². The molecule has 33 heavy (non-hydrogen) atoms. The maximum atomic E-state index is 12.7. The van der Waals surface area contributed by atoms with Crippen LogP contribution in [0.5, 0.6) is 5.75 Å². The predicted octanol–water partition coefficient (Wildman–Crippen LogP) is 1.53. The van der Waals surface area contributed by atoms with Crippen molar-refractivity contribution in [2.24, 2.45) is 0 Å². The molecule has 1 aromatic heterocycles. The largest absolute Gasteiger partial charge is 0.484 e. The highest BCUT2D eigenvalue weighted by atomic mass is 16.5. The van der Waals surface area contributed by atoms with Gasteiger partial charge in [0, 0.05) is 24.0 Å². The average Bonchev–Trinajstić information content (AvgIpc) is 2.83. The van der Waals surface area contributed by atoms with Crippen molar-refractivity contribution in [3.05, 3.63) is 64.1 Å². The third kappa shape index (κ3) is 4.84. The third-order valence-electron chi connectivity index (χ3n) is 5.18. The Morgan fingerprint density at radius 1 is 1.09 bits per heavy atom. The van der Waals surface area contributed by atoms with E-state index in [1.807, 2.05) is 6.92 Å². The Morgan fingerprint density at radius 3 is 2.67 bits per heavy atom. The maximum Gasteiger partial charge on any atom is 0.290 e. The van der Waals surface area contributed by atoms with Gasteiger partial charge in [-0.05, 0) is 42.7 Å². The summed E-state index contributed by atoms with van der Waals surface area (Å²) in [5.74, 6) is -0.765. The van der Waals surface area contributed by atoms with Crippen LogP contribution < -0.4 is 26.5 Å². The number of ether oxygens (including phenoxy) is 1. The van der Waals surface area contributed by atoms with Gasteiger partial charge in [0.1, 0.15) is 5.75 Å². The molecule has 3 amide bonds. The van der Waals surface area contributed by atoms with Crippen LogP contribution in [0.15, 0.2) is 47.3 Å². The van der Waals surface area contributed by atoms with E-state index in [4.69, 9.17) is 4.74 Å². The molecule has 2 aromatic carbocycles. The molecule has 4 rings (SSSR count). The Kier molecular flexibility index (Phi) is 6.34. The minimum Gasteiger partial charge on any atom is -0.484 e. The van der Waals surface area contributed by atoms with Crippen molar-refractivity contribution in [2.75, 3.05) is 11.9 Å². The second-order valence-corrected chi connectivity index (χ2v) is 7.58. The Balaban J connectivity index is 1.39. The summed E-state index contributed by atoms with van der Waals surface area (Å²) in [5.41, 5.74) is 6.06. The first-order valence-electron chi connectivity index (χ1n) is 10.6. The van der Waals surface area contributed by atoms with Crippen LogP contribution in [0.4, 0.5) is 5.69 Å². The molecule has 0 bridgehead atoms. The van der Waals surface area contributed by atoms with Gasteiger partial charge in [0.15, 0.2) is 12.3 Å². The number of carbonyl (C=O) groups excluding carboxylic acids is 3. The molecule has 0 aliphatic carbocycles. The molecule has 2 heterocycles. The van der Waals surface area contributed by atoms with E-state index < -0.39 is 11.8 Å². The molecular formula is C23H23N5O5. The average molecular weight is 449 g/mol. The lowest BCUT2D eigenvalue weighted by atomic mass is 10.0. The third-order valence-corrected chi connectivity index (χ3v) is 5.18. The zero-order chi connectivity index (χ0) is 23.4. The second kappa shape index (κ2) is 9.51. The monoisotopic (exact) mass is 449 g/mol. The van der Waals surface area contributed by atoms with Crippen molar-refractivity contribution in [1.29, 1.82) is 0 Å². The van der Waals surface area contributed by atoms with Crippen LogP contribution in [0.25, 0.3) is 10.8 Å². The molecule has 3 N–H and O–H groups in total. The van der Waals surface area contributed by atoms with Crippen LogP contribution in [0.1, 0.15) is 35.8 Å². The summed E-state index contributed by atoms with van der Waals surface area (Å²) >= 11 is 0. The molecule has 1 aliphatic heterocycles. The number of nitrogens with one attached hydrogen (secondary N) is 3. The summed E-state index contributed by atoms with van der Waals surface area (Å²) in [6.45, 7) is 1.95. The van der Waals surface area contributed by atoms with Gasteiger partial charge < -0.3 is 10.1 Å². The SMILES string of the molecule is CCCn1nc(C(=O)NNC(=O)COc2ccc3c(c2)CCC(=O)N3)c2ccccc2c1=O. The predicted molar refractivity (Wildman–Crippen MR) is 121 cm³/mol. The van der Waals surface area contributed by atoms with E-state index in [0.717, 1.165) is 11.3 Å². The molecule has 10 nitrogen and oxygen atoms in total. The van der Waals surface area contributed by atoms with Gasteiger partial charge in [-0.15, -0.1) is 0 Å². The van der Waals surface area contributed by atoms with Gasteiger partial charge in [-0.2, -0.15) is 5.10 Å². The van der Waals surface area contributed by atoms with Gasteiger partial charge in [0.25, 0.3) is 17.4 Å². The molecule has 0 radical (unpaired) electrons. The summed E-state index contributed by atoms with van der Waals surface area (Å²) in [5, 5.41) is 7.75. The minimum atomic E-state index is -0.645. The molecule has 3 aromatic rings. The Bertz CT molecular complexity index is 1300. The topological polar surface area (TPSA) is 131 Å². The van der Waals surface area contributed by atoms with Crippen LogP contribution in [0, 0.1) is 0 Å². The minimum absolute atomic E-state index is 0.0290. The number of fused-ring (bicyclic) bond motifs is 2. The molecule has 0 saturated carbocycles. The van der Waals surface area contributed by atoms with Crippen molar-refractivity contribution in [3.63, 3.8) is 0 Å². The number of carbonyl (C=O) groups is 3. The van der Waals surface area contributed by atoms with E-state index in [-0.39, 0.29) is 23.8 Å². The molecule has 0 spiro atoms. The fourth-order valence-corrected chi connectivity index (χ4v) is 3.59. The van der Waals surface area contributed by atoms with Gasteiger partial charge in [-0.3, -0.25) is 30.0 Å². The quantitative estimate of drug-likeness (QED) is 0.489. The molecule has 0 atom stereocenters. The summed E-state index contributed by atoms with van der Waals surface area (Å²) in [4.78, 5) is 48.9. The first kappa shape index (κ1) is 22.0. The molecule has 1 aliphatic rings. The lowest BCUT2D eigenvalue weighted by Gasteiger charge is -2.17. The zero-order valence-electron chi connectivity index (χ0n) is 18.0. The smallest absolute Gasteiger partial charge is 0.290 e. The number of aryl methyl sites for hydroxylation is 2. The number of nitrogens with zero attached hydrogens (tertiary/aromatic N) is 2. The number of anilines is 1. The van der Waals surface area contributed by atoms with Gasteiger partial charge >= 0.3 is 0 Å². The highest BCUT2D eigenvalue weighted by Gasteiger charge is 2.18. The zero-order valence-corrected chi connectivity index (χ0v) is 18.0. The number of hydrogen-bond acceptors (Lipinski definition) is 6. The van der Waals surface area contributed by atoms with Gasteiger partial charge in [0.05, 0.1) is 5.39 Å². The van der Waals surface area contributed by atoms with E-state index in [1.54, 1.807) is 42.5 Å². The number of hydrazine groups is 1.